The smallest absolute Gasteiger partial charge is 0.258 e. The van der Waals surface area contributed by atoms with Gasteiger partial charge in [0.1, 0.15) is 0 Å². The molecule has 5 heteroatoms. The molecule has 0 radical (unpaired) electrons. The van der Waals surface area contributed by atoms with Crippen molar-refractivity contribution in [1.82, 2.24) is 4.90 Å². The van der Waals surface area contributed by atoms with Crippen LogP contribution in [0.1, 0.15) is 38.3 Å². The molecule has 27 heavy (non-hydrogen) atoms. The average Bonchev–Trinajstić information content (AvgIpc) is 2.73. The second kappa shape index (κ2) is 7.53. The van der Waals surface area contributed by atoms with Crippen LogP contribution in [0, 0.1) is 6.92 Å². The Morgan fingerprint density at radius 2 is 1.59 bits per heavy atom. The van der Waals surface area contributed by atoms with E-state index in [0.29, 0.717) is 44.0 Å². The molecule has 1 fully saturated rings. The number of benzene rings is 2. The van der Waals surface area contributed by atoms with Crippen molar-refractivity contribution in [2.24, 2.45) is 0 Å². The van der Waals surface area contributed by atoms with Crippen molar-refractivity contribution in [2.45, 2.75) is 19.8 Å². The van der Waals surface area contributed by atoms with Crippen LogP contribution in [0.5, 0.6) is 0 Å². The van der Waals surface area contributed by atoms with Crippen molar-refractivity contribution in [1.29, 1.82) is 0 Å². The van der Waals surface area contributed by atoms with Crippen LogP contribution in [-0.4, -0.2) is 49.6 Å². The Kier molecular flexibility index (Phi) is 4.94. The van der Waals surface area contributed by atoms with E-state index in [1.165, 1.54) is 0 Å². The van der Waals surface area contributed by atoms with Gasteiger partial charge in [0.2, 0.25) is 0 Å². The molecule has 0 aromatic heterocycles. The van der Waals surface area contributed by atoms with Gasteiger partial charge in [-0.25, -0.2) is 0 Å². The molecule has 0 atom stereocenters. The number of nitrogens with zero attached hydrogens (tertiary/aromatic N) is 2. The fraction of sp³-hybridized carbons (Fsp3) is 0.364. The summed E-state index contributed by atoms with van der Waals surface area (Å²) in [6.07, 6.45) is 1.79. The quantitative estimate of drug-likeness (QED) is 0.823. The Labute approximate surface area is 159 Å². The summed E-state index contributed by atoms with van der Waals surface area (Å²) in [5, 5.41) is 0. The summed E-state index contributed by atoms with van der Waals surface area (Å²) in [6.45, 7) is 5.17. The molecule has 2 aromatic carbocycles. The van der Waals surface area contributed by atoms with Crippen LogP contribution in [-0.2, 0) is 11.2 Å². The highest BCUT2D eigenvalue weighted by molar-refractivity contribution is 6.07. The number of amides is 2. The van der Waals surface area contributed by atoms with Crippen LogP contribution >= 0.6 is 0 Å². The van der Waals surface area contributed by atoms with Gasteiger partial charge in [0, 0.05) is 36.4 Å². The minimum absolute atomic E-state index is 0.0169. The highest BCUT2D eigenvalue weighted by Crippen LogP contribution is 2.30. The zero-order valence-electron chi connectivity index (χ0n) is 15.6. The molecule has 0 spiro atoms. The summed E-state index contributed by atoms with van der Waals surface area (Å²) in [4.78, 5) is 29.4. The number of carbonyl (C=O) groups is 2. The fourth-order valence-corrected chi connectivity index (χ4v) is 3.74. The van der Waals surface area contributed by atoms with E-state index in [1.54, 1.807) is 0 Å². The van der Waals surface area contributed by atoms with Crippen LogP contribution in [0.15, 0.2) is 42.5 Å². The highest BCUT2D eigenvalue weighted by atomic mass is 16.5. The summed E-state index contributed by atoms with van der Waals surface area (Å²) in [5.41, 5.74) is 4.52. The first-order valence-corrected chi connectivity index (χ1v) is 9.52. The standard InChI is InChI=1S/C22H24N2O3/c1-16-4-6-17(7-5-16)22(26)24-10-2-3-18-15-19(8-9-20(18)24)21(25)23-11-13-27-14-12-23/h4-9,15H,2-3,10-14H2,1H3. The van der Waals surface area contributed by atoms with Crippen molar-refractivity contribution >= 4 is 17.5 Å². The van der Waals surface area contributed by atoms with Crippen molar-refractivity contribution in [2.75, 3.05) is 37.7 Å². The van der Waals surface area contributed by atoms with Gasteiger partial charge in [-0.15, -0.1) is 0 Å². The normalized spacial score (nSPS) is 16.8. The molecule has 4 rings (SSSR count). The number of hydrogen-bond acceptors (Lipinski definition) is 3. The van der Waals surface area contributed by atoms with E-state index in [0.717, 1.165) is 29.7 Å². The lowest BCUT2D eigenvalue weighted by atomic mass is 9.97. The van der Waals surface area contributed by atoms with Gasteiger partial charge >= 0.3 is 0 Å². The first-order chi connectivity index (χ1) is 13.1. The summed E-state index contributed by atoms with van der Waals surface area (Å²) in [5.74, 6) is 0.0614. The maximum Gasteiger partial charge on any atom is 0.258 e. The monoisotopic (exact) mass is 364 g/mol. The molecule has 0 aliphatic carbocycles. The Balaban J connectivity index is 1.59. The van der Waals surface area contributed by atoms with Gasteiger partial charge in [-0.05, 0) is 55.7 Å². The zero-order valence-corrected chi connectivity index (χ0v) is 15.6. The largest absolute Gasteiger partial charge is 0.378 e. The number of hydrogen-bond donors (Lipinski definition) is 0. The topological polar surface area (TPSA) is 49.9 Å². The lowest BCUT2D eigenvalue weighted by Crippen LogP contribution is -2.41. The maximum absolute atomic E-state index is 13.0. The fourth-order valence-electron chi connectivity index (χ4n) is 3.74. The number of fused-ring (bicyclic) bond motifs is 1. The van der Waals surface area contributed by atoms with Gasteiger partial charge in [-0.1, -0.05) is 17.7 Å². The molecule has 0 bridgehead atoms. The van der Waals surface area contributed by atoms with Gasteiger partial charge < -0.3 is 14.5 Å². The lowest BCUT2D eigenvalue weighted by molar-refractivity contribution is 0.0303. The van der Waals surface area contributed by atoms with Crippen molar-refractivity contribution in [3.05, 3.63) is 64.7 Å². The summed E-state index contributed by atoms with van der Waals surface area (Å²) < 4.78 is 5.33. The molecular formula is C22H24N2O3. The van der Waals surface area contributed by atoms with Crippen LogP contribution in [0.3, 0.4) is 0 Å². The minimum Gasteiger partial charge on any atom is -0.378 e. The van der Waals surface area contributed by atoms with Gasteiger partial charge in [0.25, 0.3) is 11.8 Å². The maximum atomic E-state index is 13.0. The lowest BCUT2D eigenvalue weighted by Gasteiger charge is -2.31. The van der Waals surface area contributed by atoms with Gasteiger partial charge in [0.15, 0.2) is 0 Å². The van der Waals surface area contributed by atoms with Crippen LogP contribution in [0.2, 0.25) is 0 Å². The minimum atomic E-state index is 0.0169. The molecule has 2 aromatic rings. The number of anilines is 1. The molecular weight excluding hydrogens is 340 g/mol. The summed E-state index contributed by atoms with van der Waals surface area (Å²) >= 11 is 0. The summed E-state index contributed by atoms with van der Waals surface area (Å²) in [7, 11) is 0. The number of morpholine rings is 1. The number of aryl methyl sites for hydroxylation is 2. The molecule has 140 valence electrons. The third kappa shape index (κ3) is 3.60. The molecule has 2 aliphatic rings. The third-order valence-corrected chi connectivity index (χ3v) is 5.29. The second-order valence-corrected chi connectivity index (χ2v) is 7.17. The molecule has 2 amide bonds. The Bertz CT molecular complexity index is 854. The number of rotatable bonds is 2. The highest BCUT2D eigenvalue weighted by Gasteiger charge is 2.25. The first kappa shape index (κ1) is 17.7. The molecule has 1 saturated heterocycles. The molecule has 0 saturated carbocycles. The molecule has 0 N–H and O–H groups in total. The number of carbonyl (C=O) groups excluding carboxylic acids is 2. The van der Waals surface area contributed by atoms with Crippen molar-refractivity contribution in [3.63, 3.8) is 0 Å². The third-order valence-electron chi connectivity index (χ3n) is 5.29. The Morgan fingerprint density at radius 3 is 2.33 bits per heavy atom. The van der Waals surface area contributed by atoms with Gasteiger partial charge in [-0.3, -0.25) is 9.59 Å². The second-order valence-electron chi connectivity index (χ2n) is 7.17. The Hall–Kier alpha value is -2.66. The predicted octanol–water partition coefficient (Wildman–Crippen LogP) is 3.06. The molecule has 2 aliphatic heterocycles. The van der Waals surface area contributed by atoms with E-state index in [9.17, 15) is 9.59 Å². The molecule has 2 heterocycles. The summed E-state index contributed by atoms with van der Waals surface area (Å²) in [6, 6.07) is 13.4. The number of ether oxygens (including phenoxy) is 1. The van der Waals surface area contributed by atoms with E-state index in [-0.39, 0.29) is 11.8 Å². The van der Waals surface area contributed by atoms with Crippen LogP contribution in [0.25, 0.3) is 0 Å². The van der Waals surface area contributed by atoms with E-state index in [1.807, 2.05) is 59.2 Å². The average molecular weight is 364 g/mol. The Morgan fingerprint density at radius 1 is 0.889 bits per heavy atom. The van der Waals surface area contributed by atoms with E-state index < -0.39 is 0 Å². The molecule has 5 nitrogen and oxygen atoms in total. The van der Waals surface area contributed by atoms with Crippen molar-refractivity contribution < 1.29 is 14.3 Å². The first-order valence-electron chi connectivity index (χ1n) is 9.52. The van der Waals surface area contributed by atoms with Gasteiger partial charge in [0.05, 0.1) is 13.2 Å². The van der Waals surface area contributed by atoms with E-state index >= 15 is 0 Å². The SMILES string of the molecule is Cc1ccc(C(=O)N2CCCc3cc(C(=O)N4CCOCC4)ccc32)cc1. The van der Waals surface area contributed by atoms with E-state index in [4.69, 9.17) is 4.74 Å². The van der Waals surface area contributed by atoms with E-state index in [2.05, 4.69) is 0 Å². The molecule has 0 unspecified atom stereocenters. The zero-order chi connectivity index (χ0) is 18.8. The predicted molar refractivity (Wildman–Crippen MR) is 104 cm³/mol. The van der Waals surface area contributed by atoms with Crippen molar-refractivity contribution in [3.8, 4) is 0 Å². The van der Waals surface area contributed by atoms with Gasteiger partial charge in [-0.2, -0.15) is 0 Å². The van der Waals surface area contributed by atoms with Crippen LogP contribution < -0.4 is 4.90 Å². The van der Waals surface area contributed by atoms with Crippen LogP contribution in [0.4, 0.5) is 5.69 Å².